The Labute approximate surface area is 80.7 Å². The molecule has 0 aromatic carbocycles. The highest BCUT2D eigenvalue weighted by Gasteiger charge is 2.10. The molecule has 1 unspecified atom stereocenters. The van der Waals surface area contributed by atoms with Crippen LogP contribution in [0, 0.1) is 11.8 Å². The van der Waals surface area contributed by atoms with Crippen molar-refractivity contribution in [1.29, 1.82) is 0 Å². The third kappa shape index (κ3) is 7.69. The van der Waals surface area contributed by atoms with Crippen molar-refractivity contribution in [3.63, 3.8) is 0 Å². The lowest BCUT2D eigenvalue weighted by Gasteiger charge is -2.09. The van der Waals surface area contributed by atoms with Crippen LogP contribution < -0.4 is 0 Å². The minimum atomic E-state index is 0.327. The van der Waals surface area contributed by atoms with Crippen molar-refractivity contribution < 1.29 is 9.59 Å². The quantitative estimate of drug-likeness (QED) is 0.570. The number of hydrogen-bond acceptors (Lipinski definition) is 2. The van der Waals surface area contributed by atoms with Crippen LogP contribution in [-0.4, -0.2) is 12.1 Å². The number of aldehydes is 1. The minimum absolute atomic E-state index is 0.327. The zero-order valence-corrected chi connectivity index (χ0v) is 8.88. The Morgan fingerprint density at radius 3 is 2.31 bits per heavy atom. The van der Waals surface area contributed by atoms with Gasteiger partial charge in [-0.2, -0.15) is 0 Å². The molecule has 0 aromatic rings. The minimum Gasteiger partial charge on any atom is -0.303 e. The molecular formula is C11H20O2. The molecule has 0 rings (SSSR count). The lowest BCUT2D eigenvalue weighted by atomic mass is 9.95. The molecule has 0 fully saturated rings. The van der Waals surface area contributed by atoms with Crippen molar-refractivity contribution in [3.8, 4) is 0 Å². The maximum atomic E-state index is 11.3. The highest BCUT2D eigenvalue weighted by Crippen LogP contribution is 2.13. The molecule has 0 amide bonds. The van der Waals surface area contributed by atoms with Crippen molar-refractivity contribution >= 4 is 12.1 Å². The third-order valence-corrected chi connectivity index (χ3v) is 1.99. The van der Waals surface area contributed by atoms with Crippen LogP contribution in [0.3, 0.4) is 0 Å². The van der Waals surface area contributed by atoms with Gasteiger partial charge in [-0.05, 0) is 18.3 Å². The van der Waals surface area contributed by atoms with E-state index in [0.29, 0.717) is 36.9 Å². The van der Waals surface area contributed by atoms with Crippen LogP contribution in [0.4, 0.5) is 0 Å². The van der Waals surface area contributed by atoms with Gasteiger partial charge >= 0.3 is 0 Å². The van der Waals surface area contributed by atoms with Crippen LogP contribution >= 0.6 is 0 Å². The summed E-state index contributed by atoms with van der Waals surface area (Å²) in [4.78, 5) is 21.4. The summed E-state index contributed by atoms with van der Waals surface area (Å²) in [6.45, 7) is 6.13. The Bertz CT molecular complexity index is 161. The van der Waals surface area contributed by atoms with E-state index in [9.17, 15) is 9.59 Å². The van der Waals surface area contributed by atoms with Gasteiger partial charge in [0, 0.05) is 19.3 Å². The SMILES string of the molecule is CC(C)CC(=O)CC(C)CCC=O. The molecule has 0 aromatic heterocycles. The molecule has 0 spiro atoms. The lowest BCUT2D eigenvalue weighted by molar-refractivity contribution is -0.120. The largest absolute Gasteiger partial charge is 0.303 e. The Morgan fingerprint density at radius 1 is 1.23 bits per heavy atom. The smallest absolute Gasteiger partial charge is 0.133 e. The average Bonchev–Trinajstić information content (AvgIpc) is 1.98. The molecule has 1 atom stereocenters. The molecule has 0 heterocycles. The summed E-state index contributed by atoms with van der Waals surface area (Å²) in [5, 5.41) is 0. The summed E-state index contributed by atoms with van der Waals surface area (Å²) in [6.07, 6.45) is 3.64. The Balaban J connectivity index is 3.58. The highest BCUT2D eigenvalue weighted by atomic mass is 16.1. The summed E-state index contributed by atoms with van der Waals surface area (Å²) in [5.41, 5.74) is 0. The molecular weight excluding hydrogens is 164 g/mol. The summed E-state index contributed by atoms with van der Waals surface area (Å²) < 4.78 is 0. The molecule has 0 aliphatic rings. The highest BCUT2D eigenvalue weighted by molar-refractivity contribution is 5.78. The van der Waals surface area contributed by atoms with Gasteiger partial charge in [0.15, 0.2) is 0 Å². The predicted molar refractivity (Wildman–Crippen MR) is 53.5 cm³/mol. The van der Waals surface area contributed by atoms with Crippen molar-refractivity contribution in [2.75, 3.05) is 0 Å². The summed E-state index contributed by atoms with van der Waals surface area (Å²) in [5.74, 6) is 1.13. The first-order valence-corrected chi connectivity index (χ1v) is 5.01. The van der Waals surface area contributed by atoms with Gasteiger partial charge in [0.05, 0.1) is 0 Å². The fourth-order valence-corrected chi connectivity index (χ4v) is 1.38. The van der Waals surface area contributed by atoms with Crippen molar-refractivity contribution in [3.05, 3.63) is 0 Å². The molecule has 0 saturated heterocycles. The van der Waals surface area contributed by atoms with Crippen molar-refractivity contribution in [2.24, 2.45) is 11.8 Å². The average molecular weight is 184 g/mol. The second-order valence-corrected chi connectivity index (χ2v) is 4.19. The first kappa shape index (κ1) is 12.3. The molecule has 0 radical (unpaired) electrons. The van der Waals surface area contributed by atoms with E-state index in [1.165, 1.54) is 0 Å². The molecule has 0 N–H and O–H groups in total. The molecule has 0 aliphatic carbocycles. The standard InChI is InChI=1S/C11H20O2/c1-9(2)7-11(13)8-10(3)5-4-6-12/h6,9-10H,4-5,7-8H2,1-3H3. The molecule has 2 heteroatoms. The summed E-state index contributed by atoms with van der Waals surface area (Å²) in [7, 11) is 0. The molecule has 0 saturated carbocycles. The summed E-state index contributed by atoms with van der Waals surface area (Å²) in [6, 6.07) is 0. The van der Waals surface area contributed by atoms with Crippen LogP contribution in [0.25, 0.3) is 0 Å². The van der Waals surface area contributed by atoms with Gasteiger partial charge in [-0.3, -0.25) is 4.79 Å². The number of Topliss-reactive ketones (excluding diaryl/α,β-unsaturated/α-hetero) is 1. The van der Waals surface area contributed by atoms with Gasteiger partial charge in [0.2, 0.25) is 0 Å². The molecule has 2 nitrogen and oxygen atoms in total. The zero-order valence-electron chi connectivity index (χ0n) is 8.88. The fraction of sp³-hybridized carbons (Fsp3) is 0.818. The van der Waals surface area contributed by atoms with Gasteiger partial charge in [0.25, 0.3) is 0 Å². The normalized spacial score (nSPS) is 12.9. The second kappa shape index (κ2) is 6.81. The fourth-order valence-electron chi connectivity index (χ4n) is 1.38. The zero-order chi connectivity index (χ0) is 10.3. The van der Waals surface area contributed by atoms with E-state index in [4.69, 9.17) is 0 Å². The first-order valence-electron chi connectivity index (χ1n) is 5.01. The van der Waals surface area contributed by atoms with Crippen LogP contribution in [-0.2, 0) is 9.59 Å². The van der Waals surface area contributed by atoms with E-state index in [1.54, 1.807) is 0 Å². The van der Waals surface area contributed by atoms with Gasteiger partial charge in [-0.15, -0.1) is 0 Å². The summed E-state index contributed by atoms with van der Waals surface area (Å²) >= 11 is 0. The lowest BCUT2D eigenvalue weighted by Crippen LogP contribution is -2.08. The predicted octanol–water partition coefficient (Wildman–Crippen LogP) is 2.61. The van der Waals surface area contributed by atoms with E-state index in [0.717, 1.165) is 12.7 Å². The molecule has 13 heavy (non-hydrogen) atoms. The van der Waals surface area contributed by atoms with Gasteiger partial charge in [-0.1, -0.05) is 20.8 Å². The van der Waals surface area contributed by atoms with Crippen LogP contribution in [0.5, 0.6) is 0 Å². The van der Waals surface area contributed by atoms with E-state index in [1.807, 2.05) is 20.8 Å². The van der Waals surface area contributed by atoms with E-state index >= 15 is 0 Å². The number of carbonyl (C=O) groups excluding carboxylic acids is 2. The van der Waals surface area contributed by atoms with E-state index < -0.39 is 0 Å². The maximum Gasteiger partial charge on any atom is 0.133 e. The van der Waals surface area contributed by atoms with Gasteiger partial charge < -0.3 is 4.79 Å². The Kier molecular flexibility index (Phi) is 6.47. The number of rotatable bonds is 7. The van der Waals surface area contributed by atoms with Crippen molar-refractivity contribution in [2.45, 2.75) is 46.5 Å². The maximum absolute atomic E-state index is 11.3. The first-order chi connectivity index (χ1) is 6.06. The second-order valence-electron chi connectivity index (χ2n) is 4.19. The number of carbonyl (C=O) groups is 2. The Hall–Kier alpha value is -0.660. The molecule has 0 aliphatic heterocycles. The number of ketones is 1. The molecule has 76 valence electrons. The van der Waals surface area contributed by atoms with Crippen LogP contribution in [0.2, 0.25) is 0 Å². The Morgan fingerprint density at radius 2 is 1.85 bits per heavy atom. The topological polar surface area (TPSA) is 34.1 Å². The van der Waals surface area contributed by atoms with E-state index in [-0.39, 0.29) is 0 Å². The van der Waals surface area contributed by atoms with E-state index in [2.05, 4.69) is 0 Å². The third-order valence-electron chi connectivity index (χ3n) is 1.99. The van der Waals surface area contributed by atoms with Crippen LogP contribution in [0.1, 0.15) is 46.5 Å². The molecule has 0 bridgehead atoms. The number of hydrogen-bond donors (Lipinski definition) is 0. The van der Waals surface area contributed by atoms with Gasteiger partial charge in [-0.25, -0.2) is 0 Å². The monoisotopic (exact) mass is 184 g/mol. The van der Waals surface area contributed by atoms with Crippen molar-refractivity contribution in [1.82, 2.24) is 0 Å². The van der Waals surface area contributed by atoms with Gasteiger partial charge in [0.1, 0.15) is 12.1 Å². The van der Waals surface area contributed by atoms with Crippen LogP contribution in [0.15, 0.2) is 0 Å².